The van der Waals surface area contributed by atoms with Gasteiger partial charge in [-0.05, 0) is 0 Å². The molecule has 0 rings (SSSR count). The molecule has 0 aliphatic carbocycles. The second kappa shape index (κ2) is 15.7. The minimum atomic E-state index is -3.13. The van der Waals surface area contributed by atoms with E-state index in [1.54, 1.807) is 0 Å². The van der Waals surface area contributed by atoms with E-state index in [0.29, 0.717) is 0 Å². The molecule has 0 fully saturated rings. The molecule has 0 heterocycles. The molecule has 0 amide bonds. The molecule has 0 unspecified atom stereocenters. The van der Waals surface area contributed by atoms with Gasteiger partial charge < -0.3 is 9.59 Å². The monoisotopic (exact) mass is 132 g/mol. The van der Waals surface area contributed by atoms with Gasteiger partial charge in [-0.15, -0.1) is 0 Å². The van der Waals surface area contributed by atoms with E-state index in [1.807, 2.05) is 0 Å². The smallest absolute Gasteiger partial charge is 0.511 e. The molecular formula is H2LiMgNaO3Si. The summed E-state index contributed by atoms with van der Waals surface area (Å²) in [7, 11) is -3.13. The third kappa shape index (κ3) is 72.8. The quantitative estimate of drug-likeness (QED) is 0.351. The molecule has 0 aromatic carbocycles. The molecule has 7 heavy (non-hydrogen) atoms. The first-order valence-corrected chi connectivity index (χ1v) is 1.95. The molecule has 0 aliphatic heterocycles. The third-order valence-electron chi connectivity index (χ3n) is 0. The van der Waals surface area contributed by atoms with Crippen molar-refractivity contribution in [2.75, 3.05) is 0 Å². The molecule has 28 valence electrons. The number of hydrogen-bond donors (Lipinski definition) is 2. The zero-order chi connectivity index (χ0) is 3.58. The average Bonchev–Trinajstić information content (AvgIpc) is 0.811. The Morgan fingerprint density at radius 2 is 1.29 bits per heavy atom. The van der Waals surface area contributed by atoms with Gasteiger partial charge in [0.1, 0.15) is 0 Å². The van der Waals surface area contributed by atoms with Crippen molar-refractivity contribution in [3.05, 3.63) is 0 Å². The van der Waals surface area contributed by atoms with Crippen LogP contribution in [0.1, 0.15) is 0 Å². The summed E-state index contributed by atoms with van der Waals surface area (Å²) in [4.78, 5) is 14.3. The van der Waals surface area contributed by atoms with Crippen molar-refractivity contribution in [1.29, 1.82) is 0 Å². The Bertz CT molecular complexity index is 37.9. The fourth-order valence-corrected chi connectivity index (χ4v) is 0. The predicted octanol–water partition coefficient (Wildman–Crippen LogP) is -2.76. The summed E-state index contributed by atoms with van der Waals surface area (Å²) in [6.45, 7) is 0. The summed E-state index contributed by atoms with van der Waals surface area (Å²) in [6, 6.07) is 0. The Kier molecular flexibility index (Phi) is 51.6. The predicted molar refractivity (Wildman–Crippen MR) is 28.1 cm³/mol. The van der Waals surface area contributed by atoms with Gasteiger partial charge in [0, 0.05) is 71.5 Å². The molecule has 0 bridgehead atoms. The maximum absolute atomic E-state index is 8.74. The SMILES string of the molecule is O=[Si](O)O.[Li].[Mg].[Na]. The van der Waals surface area contributed by atoms with Crippen molar-refractivity contribution in [1.82, 2.24) is 0 Å². The van der Waals surface area contributed by atoms with Crippen LogP contribution in [0.25, 0.3) is 0 Å². The molecule has 0 saturated heterocycles. The molecule has 4 radical (unpaired) electrons. The van der Waals surface area contributed by atoms with Crippen LogP contribution in [0, 0.1) is 0 Å². The normalized spacial score (nSPS) is 3.43. The summed E-state index contributed by atoms with van der Waals surface area (Å²) in [5.41, 5.74) is 0. The number of hydrogen-bond acceptors (Lipinski definition) is 1. The van der Waals surface area contributed by atoms with Crippen LogP contribution in [0.2, 0.25) is 0 Å². The zero-order valence-corrected chi connectivity index (χ0v) is 8.92. The van der Waals surface area contributed by atoms with Gasteiger partial charge >= 0.3 is 9.17 Å². The molecule has 0 atom stereocenters. The van der Waals surface area contributed by atoms with Gasteiger partial charge in [-0.3, -0.25) is 4.46 Å². The Hall–Kier alpha value is 1.98. The fourth-order valence-electron chi connectivity index (χ4n) is 0. The summed E-state index contributed by atoms with van der Waals surface area (Å²) < 4.78 is 8.74. The molecule has 0 spiro atoms. The molecule has 3 nitrogen and oxygen atoms in total. The molecule has 0 aliphatic rings. The first kappa shape index (κ1) is 23.1. The summed E-state index contributed by atoms with van der Waals surface area (Å²) in [6.07, 6.45) is 0. The second-order valence-corrected chi connectivity index (χ2v) is 0.848. The van der Waals surface area contributed by atoms with Gasteiger partial charge in [0.25, 0.3) is 0 Å². The van der Waals surface area contributed by atoms with Gasteiger partial charge in [0.2, 0.25) is 0 Å². The second-order valence-electron chi connectivity index (χ2n) is 0.283. The van der Waals surface area contributed by atoms with E-state index in [1.165, 1.54) is 0 Å². The molecule has 2 N–H and O–H groups in total. The first-order chi connectivity index (χ1) is 1.73. The molecule has 0 aromatic rings. The van der Waals surface area contributed by atoms with Crippen LogP contribution < -0.4 is 0 Å². The van der Waals surface area contributed by atoms with Crippen LogP contribution in [0.4, 0.5) is 0 Å². The van der Waals surface area contributed by atoms with Crippen molar-refractivity contribution in [3.63, 3.8) is 0 Å². The molecular weight excluding hydrogens is 130 g/mol. The van der Waals surface area contributed by atoms with Crippen LogP contribution in [0.5, 0.6) is 0 Å². The first-order valence-electron chi connectivity index (χ1n) is 0.651. The van der Waals surface area contributed by atoms with Crippen LogP contribution in [-0.4, -0.2) is 90.2 Å². The minimum absolute atomic E-state index is 0. The fraction of sp³-hybridized carbons (Fsp3) is 0. The van der Waals surface area contributed by atoms with E-state index in [2.05, 4.69) is 0 Å². The van der Waals surface area contributed by atoms with Crippen LogP contribution in [0.15, 0.2) is 0 Å². The van der Waals surface area contributed by atoms with Crippen molar-refractivity contribution >= 4 is 80.6 Å². The molecule has 7 heteroatoms. The van der Waals surface area contributed by atoms with Gasteiger partial charge in [-0.2, -0.15) is 0 Å². The summed E-state index contributed by atoms with van der Waals surface area (Å²) in [5.74, 6) is 0. The van der Waals surface area contributed by atoms with Crippen molar-refractivity contribution in [2.24, 2.45) is 0 Å². The van der Waals surface area contributed by atoms with E-state index >= 15 is 0 Å². The van der Waals surface area contributed by atoms with E-state index in [4.69, 9.17) is 14.1 Å². The van der Waals surface area contributed by atoms with Crippen LogP contribution in [0.3, 0.4) is 0 Å². The third-order valence-corrected chi connectivity index (χ3v) is 0. The topological polar surface area (TPSA) is 57.5 Å². The summed E-state index contributed by atoms with van der Waals surface area (Å²) >= 11 is 0. The van der Waals surface area contributed by atoms with Crippen molar-refractivity contribution in [3.8, 4) is 0 Å². The molecule has 0 saturated carbocycles. The van der Waals surface area contributed by atoms with Crippen LogP contribution >= 0.6 is 0 Å². The van der Waals surface area contributed by atoms with Crippen molar-refractivity contribution < 1.29 is 14.1 Å². The maximum Gasteiger partial charge on any atom is 0.761 e. The Morgan fingerprint density at radius 1 is 1.29 bits per heavy atom. The standard InChI is InChI=1S/Li.Mg.Na.H2O3Si/c;;;1-4(2)3/h;;;1-2H. The Morgan fingerprint density at radius 3 is 1.29 bits per heavy atom. The Balaban J connectivity index is -0.0000000150. The van der Waals surface area contributed by atoms with E-state index in [9.17, 15) is 0 Å². The van der Waals surface area contributed by atoms with Crippen LogP contribution in [-0.2, 0) is 4.46 Å². The van der Waals surface area contributed by atoms with Gasteiger partial charge in [0.05, 0.1) is 0 Å². The Labute approximate surface area is 93.4 Å². The zero-order valence-electron chi connectivity index (χ0n) is 4.51. The van der Waals surface area contributed by atoms with E-state index in [0.717, 1.165) is 0 Å². The largest absolute Gasteiger partial charge is 0.761 e. The van der Waals surface area contributed by atoms with Gasteiger partial charge in [-0.25, -0.2) is 0 Å². The number of rotatable bonds is 0. The maximum atomic E-state index is 8.74. The minimum Gasteiger partial charge on any atom is -0.511 e. The average molecular weight is 132 g/mol. The summed E-state index contributed by atoms with van der Waals surface area (Å²) in [5, 5.41) is 0. The van der Waals surface area contributed by atoms with Gasteiger partial charge in [-0.1, -0.05) is 0 Å². The molecule has 0 aromatic heterocycles. The van der Waals surface area contributed by atoms with E-state index in [-0.39, 0.29) is 71.5 Å². The van der Waals surface area contributed by atoms with Crippen molar-refractivity contribution in [2.45, 2.75) is 0 Å². The van der Waals surface area contributed by atoms with E-state index < -0.39 is 9.17 Å². The van der Waals surface area contributed by atoms with Gasteiger partial charge in [0.15, 0.2) is 0 Å².